The Kier molecular flexibility index (Phi) is 8.12. The molecule has 0 fully saturated rings. The van der Waals surface area contributed by atoms with Crippen LogP contribution in [0.3, 0.4) is 0 Å². The van der Waals surface area contributed by atoms with Crippen molar-refractivity contribution in [1.82, 2.24) is 10.6 Å². The quantitative estimate of drug-likeness (QED) is 0.560. The standard InChI is InChI=1S/C9H20N2O/c1-3-5-9(12)11-8-7-10-6-4-2/h10H,3-8H2,1-2H3,(H,11,12). The van der Waals surface area contributed by atoms with Gasteiger partial charge in [0, 0.05) is 19.5 Å². The van der Waals surface area contributed by atoms with Gasteiger partial charge in [0.05, 0.1) is 0 Å². The normalized spacial score (nSPS) is 9.83. The Morgan fingerprint density at radius 1 is 1.08 bits per heavy atom. The molecule has 0 saturated heterocycles. The van der Waals surface area contributed by atoms with Crippen LogP contribution in [0.1, 0.15) is 33.1 Å². The minimum atomic E-state index is 0.163. The van der Waals surface area contributed by atoms with E-state index in [0.29, 0.717) is 6.42 Å². The summed E-state index contributed by atoms with van der Waals surface area (Å²) >= 11 is 0. The van der Waals surface area contributed by atoms with E-state index in [4.69, 9.17) is 0 Å². The average molecular weight is 172 g/mol. The second kappa shape index (κ2) is 8.53. The third-order valence-electron chi connectivity index (χ3n) is 1.53. The number of nitrogens with one attached hydrogen (secondary N) is 2. The molecule has 3 heteroatoms. The van der Waals surface area contributed by atoms with Crippen LogP contribution in [-0.4, -0.2) is 25.5 Å². The Hall–Kier alpha value is -0.570. The van der Waals surface area contributed by atoms with Crippen LogP contribution in [-0.2, 0) is 4.79 Å². The Morgan fingerprint density at radius 2 is 1.83 bits per heavy atom. The first-order chi connectivity index (χ1) is 5.81. The van der Waals surface area contributed by atoms with Gasteiger partial charge < -0.3 is 10.6 Å². The van der Waals surface area contributed by atoms with Crippen molar-refractivity contribution in [2.24, 2.45) is 0 Å². The summed E-state index contributed by atoms with van der Waals surface area (Å²) in [5, 5.41) is 6.06. The van der Waals surface area contributed by atoms with E-state index in [0.717, 1.165) is 32.5 Å². The molecule has 1 amide bonds. The van der Waals surface area contributed by atoms with E-state index in [1.54, 1.807) is 0 Å². The highest BCUT2D eigenvalue weighted by atomic mass is 16.1. The van der Waals surface area contributed by atoms with Gasteiger partial charge in [-0.25, -0.2) is 0 Å². The molecule has 0 rings (SSSR count). The number of hydrogen-bond acceptors (Lipinski definition) is 2. The molecule has 0 spiro atoms. The molecule has 12 heavy (non-hydrogen) atoms. The van der Waals surface area contributed by atoms with Crippen molar-refractivity contribution in [1.29, 1.82) is 0 Å². The summed E-state index contributed by atoms with van der Waals surface area (Å²) in [6.45, 7) is 6.79. The highest BCUT2D eigenvalue weighted by Crippen LogP contribution is 1.83. The molecule has 3 nitrogen and oxygen atoms in total. The number of amides is 1. The third kappa shape index (κ3) is 7.54. The molecule has 0 aliphatic rings. The summed E-state index contributed by atoms with van der Waals surface area (Å²) in [5.74, 6) is 0.163. The Morgan fingerprint density at radius 3 is 2.42 bits per heavy atom. The molecule has 0 radical (unpaired) electrons. The number of carbonyl (C=O) groups is 1. The highest BCUT2D eigenvalue weighted by Gasteiger charge is 1.95. The Labute approximate surface area is 74.9 Å². The van der Waals surface area contributed by atoms with E-state index in [1.807, 2.05) is 6.92 Å². The van der Waals surface area contributed by atoms with Crippen LogP contribution >= 0.6 is 0 Å². The van der Waals surface area contributed by atoms with E-state index in [1.165, 1.54) is 0 Å². The van der Waals surface area contributed by atoms with Gasteiger partial charge in [-0.2, -0.15) is 0 Å². The van der Waals surface area contributed by atoms with Crippen LogP contribution in [0, 0.1) is 0 Å². The molecular weight excluding hydrogens is 152 g/mol. The third-order valence-corrected chi connectivity index (χ3v) is 1.53. The predicted octanol–water partition coefficient (Wildman–Crippen LogP) is 0.902. The molecular formula is C9H20N2O. The molecule has 2 N–H and O–H groups in total. The summed E-state index contributed by atoms with van der Waals surface area (Å²) in [6, 6.07) is 0. The maximum Gasteiger partial charge on any atom is 0.220 e. The van der Waals surface area contributed by atoms with Crippen molar-refractivity contribution in [3.05, 3.63) is 0 Å². The van der Waals surface area contributed by atoms with Gasteiger partial charge in [0.2, 0.25) is 5.91 Å². The van der Waals surface area contributed by atoms with Crippen molar-refractivity contribution in [3.8, 4) is 0 Å². The topological polar surface area (TPSA) is 41.1 Å². The van der Waals surface area contributed by atoms with E-state index in [2.05, 4.69) is 17.6 Å². The summed E-state index contributed by atoms with van der Waals surface area (Å²) < 4.78 is 0. The van der Waals surface area contributed by atoms with Crippen LogP contribution in [0.25, 0.3) is 0 Å². The van der Waals surface area contributed by atoms with Crippen molar-refractivity contribution in [2.75, 3.05) is 19.6 Å². The van der Waals surface area contributed by atoms with Crippen molar-refractivity contribution in [3.63, 3.8) is 0 Å². The zero-order valence-corrected chi connectivity index (χ0v) is 8.15. The van der Waals surface area contributed by atoms with Crippen LogP contribution in [0.4, 0.5) is 0 Å². The lowest BCUT2D eigenvalue weighted by Gasteiger charge is -2.04. The van der Waals surface area contributed by atoms with E-state index in [-0.39, 0.29) is 5.91 Å². The van der Waals surface area contributed by atoms with E-state index >= 15 is 0 Å². The largest absolute Gasteiger partial charge is 0.355 e. The van der Waals surface area contributed by atoms with Crippen LogP contribution in [0.2, 0.25) is 0 Å². The molecule has 0 saturated carbocycles. The molecule has 0 aliphatic heterocycles. The smallest absolute Gasteiger partial charge is 0.220 e. The molecule has 0 aliphatic carbocycles. The van der Waals surface area contributed by atoms with Crippen LogP contribution < -0.4 is 10.6 Å². The molecule has 0 unspecified atom stereocenters. The maximum atomic E-state index is 10.9. The van der Waals surface area contributed by atoms with E-state index in [9.17, 15) is 4.79 Å². The number of rotatable bonds is 7. The van der Waals surface area contributed by atoms with Crippen LogP contribution in [0.5, 0.6) is 0 Å². The zero-order valence-electron chi connectivity index (χ0n) is 8.15. The Bertz CT molecular complexity index is 115. The van der Waals surface area contributed by atoms with Gasteiger partial charge >= 0.3 is 0 Å². The van der Waals surface area contributed by atoms with Gasteiger partial charge in [0.15, 0.2) is 0 Å². The van der Waals surface area contributed by atoms with Gasteiger partial charge in [0.25, 0.3) is 0 Å². The van der Waals surface area contributed by atoms with E-state index < -0.39 is 0 Å². The fraction of sp³-hybridized carbons (Fsp3) is 0.889. The van der Waals surface area contributed by atoms with Gasteiger partial charge in [-0.05, 0) is 19.4 Å². The first-order valence-electron chi connectivity index (χ1n) is 4.78. The SMILES string of the molecule is CCCNCCNC(=O)CCC. The molecule has 0 aromatic heterocycles. The van der Waals surface area contributed by atoms with Gasteiger partial charge in [-0.3, -0.25) is 4.79 Å². The van der Waals surface area contributed by atoms with Gasteiger partial charge in [0.1, 0.15) is 0 Å². The van der Waals surface area contributed by atoms with Crippen molar-refractivity contribution in [2.45, 2.75) is 33.1 Å². The number of carbonyl (C=O) groups excluding carboxylic acids is 1. The first-order valence-corrected chi connectivity index (χ1v) is 4.78. The lowest BCUT2D eigenvalue weighted by atomic mass is 10.3. The summed E-state index contributed by atoms with van der Waals surface area (Å²) in [5.41, 5.74) is 0. The summed E-state index contributed by atoms with van der Waals surface area (Å²) in [7, 11) is 0. The van der Waals surface area contributed by atoms with Crippen molar-refractivity contribution < 1.29 is 4.79 Å². The van der Waals surface area contributed by atoms with Crippen LogP contribution in [0.15, 0.2) is 0 Å². The lowest BCUT2D eigenvalue weighted by Crippen LogP contribution is -2.31. The second-order valence-corrected chi connectivity index (χ2v) is 2.85. The average Bonchev–Trinajstić information content (AvgIpc) is 2.05. The zero-order chi connectivity index (χ0) is 9.23. The molecule has 0 atom stereocenters. The highest BCUT2D eigenvalue weighted by molar-refractivity contribution is 5.75. The lowest BCUT2D eigenvalue weighted by molar-refractivity contribution is -0.121. The summed E-state index contributed by atoms with van der Waals surface area (Å²) in [4.78, 5) is 10.9. The predicted molar refractivity (Wildman–Crippen MR) is 51.1 cm³/mol. The molecule has 0 heterocycles. The fourth-order valence-corrected chi connectivity index (χ4v) is 0.908. The minimum absolute atomic E-state index is 0.163. The fourth-order valence-electron chi connectivity index (χ4n) is 0.908. The maximum absolute atomic E-state index is 10.9. The van der Waals surface area contributed by atoms with Gasteiger partial charge in [-0.1, -0.05) is 13.8 Å². The minimum Gasteiger partial charge on any atom is -0.355 e. The summed E-state index contributed by atoms with van der Waals surface area (Å²) in [6.07, 6.45) is 2.71. The molecule has 0 aromatic rings. The second-order valence-electron chi connectivity index (χ2n) is 2.85. The number of hydrogen-bond donors (Lipinski definition) is 2. The first kappa shape index (κ1) is 11.4. The molecule has 0 bridgehead atoms. The van der Waals surface area contributed by atoms with Gasteiger partial charge in [-0.15, -0.1) is 0 Å². The monoisotopic (exact) mass is 172 g/mol. The van der Waals surface area contributed by atoms with Crippen molar-refractivity contribution >= 4 is 5.91 Å². The molecule has 0 aromatic carbocycles. The Balaban J connectivity index is 3.03. The molecule has 72 valence electrons.